The van der Waals surface area contributed by atoms with Crippen molar-refractivity contribution in [2.45, 2.75) is 31.6 Å². The summed E-state index contributed by atoms with van der Waals surface area (Å²) in [5.41, 5.74) is 1.60. The standard InChI is InChI=1S/C14H17ClN2O/c1-2-14(7-4-8-16-9-14)13-17-11-6-3-5-10(15)12(11)18-13/h3,5-6,16H,2,4,7-9H2,1H3. The Morgan fingerprint density at radius 2 is 2.39 bits per heavy atom. The molecule has 2 aromatic rings. The van der Waals surface area contributed by atoms with Crippen LogP contribution in [0.1, 0.15) is 32.1 Å². The van der Waals surface area contributed by atoms with Crippen molar-refractivity contribution in [2.24, 2.45) is 0 Å². The minimum absolute atomic E-state index is 0.0284. The SMILES string of the molecule is CCC1(c2nc3cccc(Cl)c3o2)CCCNC1. The monoisotopic (exact) mass is 264 g/mol. The smallest absolute Gasteiger partial charge is 0.203 e. The lowest BCUT2D eigenvalue weighted by atomic mass is 9.78. The van der Waals surface area contributed by atoms with Crippen molar-refractivity contribution in [3.8, 4) is 0 Å². The summed E-state index contributed by atoms with van der Waals surface area (Å²) in [6.45, 7) is 4.22. The third kappa shape index (κ3) is 1.82. The number of halogens is 1. The number of rotatable bonds is 2. The molecule has 96 valence electrons. The van der Waals surface area contributed by atoms with E-state index in [1.807, 2.05) is 18.2 Å². The summed E-state index contributed by atoms with van der Waals surface area (Å²) in [6.07, 6.45) is 3.33. The Morgan fingerprint density at radius 3 is 3.06 bits per heavy atom. The molecule has 0 radical (unpaired) electrons. The third-order valence-electron chi connectivity index (χ3n) is 3.97. The van der Waals surface area contributed by atoms with E-state index in [1.54, 1.807) is 0 Å². The molecule has 3 nitrogen and oxygen atoms in total. The predicted octanol–water partition coefficient (Wildman–Crippen LogP) is 3.51. The Bertz CT molecular complexity index is 558. The lowest BCUT2D eigenvalue weighted by Crippen LogP contribution is -2.43. The van der Waals surface area contributed by atoms with Gasteiger partial charge in [-0.05, 0) is 37.9 Å². The summed E-state index contributed by atoms with van der Waals surface area (Å²) in [5, 5.41) is 4.09. The van der Waals surface area contributed by atoms with Gasteiger partial charge in [-0.3, -0.25) is 0 Å². The molecular formula is C14H17ClN2O. The maximum Gasteiger partial charge on any atom is 0.203 e. The van der Waals surface area contributed by atoms with Gasteiger partial charge in [-0.15, -0.1) is 0 Å². The molecule has 1 unspecified atom stereocenters. The number of nitrogens with one attached hydrogen (secondary N) is 1. The van der Waals surface area contributed by atoms with Crippen molar-refractivity contribution in [1.29, 1.82) is 0 Å². The predicted molar refractivity (Wildman–Crippen MR) is 73.1 cm³/mol. The molecule has 18 heavy (non-hydrogen) atoms. The fourth-order valence-corrected chi connectivity index (χ4v) is 2.95. The van der Waals surface area contributed by atoms with Gasteiger partial charge in [-0.1, -0.05) is 24.6 Å². The van der Waals surface area contributed by atoms with E-state index in [0.717, 1.165) is 37.3 Å². The van der Waals surface area contributed by atoms with Crippen LogP contribution >= 0.6 is 11.6 Å². The molecule has 1 fully saturated rings. The van der Waals surface area contributed by atoms with E-state index in [-0.39, 0.29) is 5.41 Å². The highest BCUT2D eigenvalue weighted by molar-refractivity contribution is 6.34. The average Bonchev–Trinajstić information content (AvgIpc) is 2.85. The second-order valence-electron chi connectivity index (χ2n) is 5.02. The summed E-state index contributed by atoms with van der Waals surface area (Å²) < 4.78 is 5.95. The quantitative estimate of drug-likeness (QED) is 0.902. The minimum atomic E-state index is 0.0284. The molecule has 0 amide bonds. The van der Waals surface area contributed by atoms with E-state index in [4.69, 9.17) is 16.0 Å². The van der Waals surface area contributed by atoms with Gasteiger partial charge in [-0.2, -0.15) is 0 Å². The van der Waals surface area contributed by atoms with E-state index in [0.29, 0.717) is 10.6 Å². The Morgan fingerprint density at radius 1 is 1.50 bits per heavy atom. The van der Waals surface area contributed by atoms with Crippen LogP contribution in [-0.4, -0.2) is 18.1 Å². The zero-order valence-electron chi connectivity index (χ0n) is 10.5. The summed E-state index contributed by atoms with van der Waals surface area (Å²) in [7, 11) is 0. The molecule has 1 aromatic carbocycles. The van der Waals surface area contributed by atoms with Gasteiger partial charge in [0, 0.05) is 6.54 Å². The van der Waals surface area contributed by atoms with Crippen LogP contribution in [0.5, 0.6) is 0 Å². The zero-order valence-corrected chi connectivity index (χ0v) is 11.3. The van der Waals surface area contributed by atoms with Gasteiger partial charge in [0.2, 0.25) is 5.89 Å². The van der Waals surface area contributed by atoms with Crippen LogP contribution in [0.3, 0.4) is 0 Å². The Kier molecular flexibility index (Phi) is 3.04. The molecule has 1 aliphatic rings. The topological polar surface area (TPSA) is 38.1 Å². The first-order valence-corrected chi connectivity index (χ1v) is 6.89. The normalized spacial score (nSPS) is 24.6. The first-order chi connectivity index (χ1) is 8.75. The largest absolute Gasteiger partial charge is 0.438 e. The van der Waals surface area contributed by atoms with E-state index >= 15 is 0 Å². The number of fused-ring (bicyclic) bond motifs is 1. The van der Waals surface area contributed by atoms with E-state index < -0.39 is 0 Å². The Labute approximate surface area is 112 Å². The third-order valence-corrected chi connectivity index (χ3v) is 4.27. The maximum atomic E-state index is 6.15. The van der Waals surface area contributed by atoms with Gasteiger partial charge < -0.3 is 9.73 Å². The van der Waals surface area contributed by atoms with E-state index in [9.17, 15) is 0 Å². The molecule has 3 rings (SSSR count). The van der Waals surface area contributed by atoms with Gasteiger partial charge in [0.15, 0.2) is 5.58 Å². The molecule has 1 aromatic heterocycles. The summed E-state index contributed by atoms with van der Waals surface area (Å²) in [5.74, 6) is 0.834. The highest BCUT2D eigenvalue weighted by Crippen LogP contribution is 2.36. The minimum Gasteiger partial charge on any atom is -0.438 e. The average molecular weight is 265 g/mol. The maximum absolute atomic E-state index is 6.15. The Hall–Kier alpha value is -1.06. The number of hydrogen-bond donors (Lipinski definition) is 1. The first kappa shape index (κ1) is 12.0. The van der Waals surface area contributed by atoms with Crippen LogP contribution in [0, 0.1) is 0 Å². The van der Waals surface area contributed by atoms with Crippen molar-refractivity contribution in [2.75, 3.05) is 13.1 Å². The second kappa shape index (κ2) is 4.56. The van der Waals surface area contributed by atoms with Gasteiger partial charge in [0.1, 0.15) is 5.52 Å². The zero-order chi connectivity index (χ0) is 12.6. The number of oxazole rings is 1. The molecule has 1 aliphatic heterocycles. The van der Waals surface area contributed by atoms with Crippen LogP contribution in [-0.2, 0) is 5.41 Å². The molecule has 2 heterocycles. The van der Waals surface area contributed by atoms with Crippen LogP contribution in [0.2, 0.25) is 5.02 Å². The van der Waals surface area contributed by atoms with Crippen molar-refractivity contribution in [3.63, 3.8) is 0 Å². The Balaban J connectivity index is 2.09. The molecule has 1 N–H and O–H groups in total. The summed E-state index contributed by atoms with van der Waals surface area (Å²) in [6, 6.07) is 5.71. The molecule has 0 aliphatic carbocycles. The van der Waals surface area contributed by atoms with Crippen molar-refractivity contribution >= 4 is 22.7 Å². The van der Waals surface area contributed by atoms with Crippen molar-refractivity contribution in [1.82, 2.24) is 10.3 Å². The second-order valence-corrected chi connectivity index (χ2v) is 5.43. The molecule has 0 saturated carbocycles. The summed E-state index contributed by atoms with van der Waals surface area (Å²) >= 11 is 6.15. The molecule has 0 spiro atoms. The van der Waals surface area contributed by atoms with Crippen molar-refractivity contribution in [3.05, 3.63) is 29.1 Å². The lowest BCUT2D eigenvalue weighted by molar-refractivity contribution is 0.249. The number of benzene rings is 1. The molecule has 4 heteroatoms. The molecule has 1 atom stereocenters. The molecule has 0 bridgehead atoms. The molecular weight excluding hydrogens is 248 g/mol. The van der Waals surface area contributed by atoms with Gasteiger partial charge >= 0.3 is 0 Å². The fourth-order valence-electron chi connectivity index (χ4n) is 2.75. The summed E-state index contributed by atoms with van der Waals surface area (Å²) in [4.78, 5) is 4.65. The lowest BCUT2D eigenvalue weighted by Gasteiger charge is -2.33. The van der Waals surface area contributed by atoms with E-state index in [2.05, 4.69) is 17.2 Å². The number of aromatic nitrogens is 1. The van der Waals surface area contributed by atoms with E-state index in [1.165, 1.54) is 6.42 Å². The van der Waals surface area contributed by atoms with Gasteiger partial charge in [0.25, 0.3) is 0 Å². The van der Waals surface area contributed by atoms with Gasteiger partial charge in [-0.25, -0.2) is 4.98 Å². The number of nitrogens with zero attached hydrogens (tertiary/aromatic N) is 1. The first-order valence-electron chi connectivity index (χ1n) is 6.51. The van der Waals surface area contributed by atoms with Gasteiger partial charge in [0.05, 0.1) is 10.4 Å². The highest BCUT2D eigenvalue weighted by atomic mass is 35.5. The number of hydrogen-bond acceptors (Lipinski definition) is 3. The van der Waals surface area contributed by atoms with Crippen molar-refractivity contribution < 1.29 is 4.42 Å². The van der Waals surface area contributed by atoms with Crippen LogP contribution in [0.15, 0.2) is 22.6 Å². The molecule has 1 saturated heterocycles. The number of piperidine rings is 1. The fraction of sp³-hybridized carbons (Fsp3) is 0.500. The number of para-hydroxylation sites is 1. The van der Waals surface area contributed by atoms with Crippen LogP contribution in [0.25, 0.3) is 11.1 Å². The van der Waals surface area contributed by atoms with Crippen LogP contribution < -0.4 is 5.32 Å². The van der Waals surface area contributed by atoms with Crippen LogP contribution in [0.4, 0.5) is 0 Å². The highest BCUT2D eigenvalue weighted by Gasteiger charge is 2.37.